The number of halogens is 1. The second kappa shape index (κ2) is 15.0. The minimum atomic E-state index is -2.45. The normalized spacial score (nSPS) is 17.5. The lowest BCUT2D eigenvalue weighted by Gasteiger charge is -2.43. The summed E-state index contributed by atoms with van der Waals surface area (Å²) in [5.41, 5.74) is 0.0849. The first-order valence-corrected chi connectivity index (χ1v) is 20.0. The standard InChI is InChI=1S/C31H47BrN4O8SSi/c1-18(2)31(7,8)46(10,11)44-22-14-23(40-9)26(32)25-20(22)16-45-17-21(27-33-19(3)35-43-27)34-24(37)15-36(12-13-41-28(25)38)29(39)42-30(4,5)6/h14,18,21H,12-13,15-17H2,1-11H3,(H,34,37)/t21-/m0/s1. The predicted octanol–water partition coefficient (Wildman–Crippen LogP) is 6.67. The number of hydrogen-bond acceptors (Lipinski definition) is 11. The van der Waals surface area contributed by atoms with Crippen molar-refractivity contribution >= 4 is 54.0 Å². The van der Waals surface area contributed by atoms with Gasteiger partial charge in [-0.1, -0.05) is 32.9 Å². The molecule has 2 amide bonds. The Balaban J connectivity index is 2.12. The Kier molecular flexibility index (Phi) is 12.3. The first kappa shape index (κ1) is 37.7. The lowest BCUT2D eigenvalue weighted by atomic mass is 9.99. The predicted molar refractivity (Wildman–Crippen MR) is 182 cm³/mol. The Morgan fingerprint density at radius 1 is 1.20 bits per heavy atom. The van der Waals surface area contributed by atoms with E-state index in [1.54, 1.807) is 33.8 Å². The van der Waals surface area contributed by atoms with Crippen LogP contribution in [0.3, 0.4) is 0 Å². The quantitative estimate of drug-likeness (QED) is 0.251. The third-order valence-electron chi connectivity index (χ3n) is 8.37. The first-order valence-electron chi connectivity index (χ1n) is 15.2. The lowest BCUT2D eigenvalue weighted by Crippen LogP contribution is -2.48. The maximum atomic E-state index is 13.8. The van der Waals surface area contributed by atoms with Gasteiger partial charge in [0.25, 0.3) is 8.32 Å². The summed E-state index contributed by atoms with van der Waals surface area (Å²) in [4.78, 5) is 45.7. The van der Waals surface area contributed by atoms with Crippen molar-refractivity contribution in [2.24, 2.45) is 5.92 Å². The number of thioether (sulfide) groups is 1. The lowest BCUT2D eigenvalue weighted by molar-refractivity contribution is -0.123. The van der Waals surface area contributed by atoms with Gasteiger partial charge in [0.1, 0.15) is 36.3 Å². The Bertz CT molecular complexity index is 1430. The molecule has 0 spiro atoms. The molecule has 1 aromatic heterocycles. The van der Waals surface area contributed by atoms with Crippen LogP contribution in [0.25, 0.3) is 0 Å². The average Bonchev–Trinajstić information content (AvgIpc) is 3.37. The van der Waals surface area contributed by atoms with E-state index in [4.69, 9.17) is 23.2 Å². The number of cyclic esters (lactones) is 1. The summed E-state index contributed by atoms with van der Waals surface area (Å²) in [7, 11) is -0.922. The van der Waals surface area contributed by atoms with Crippen molar-refractivity contribution in [3.8, 4) is 11.5 Å². The molecule has 1 aromatic carbocycles. The summed E-state index contributed by atoms with van der Waals surface area (Å²) < 4.78 is 29.7. The van der Waals surface area contributed by atoms with Crippen molar-refractivity contribution in [2.75, 3.05) is 32.6 Å². The number of esters is 1. The Morgan fingerprint density at radius 3 is 2.43 bits per heavy atom. The first-order chi connectivity index (χ1) is 21.3. The van der Waals surface area contributed by atoms with Gasteiger partial charge in [-0.2, -0.15) is 16.7 Å². The Labute approximate surface area is 285 Å². The van der Waals surface area contributed by atoms with E-state index < -0.39 is 37.9 Å². The van der Waals surface area contributed by atoms with Gasteiger partial charge in [0.05, 0.1) is 23.7 Å². The van der Waals surface area contributed by atoms with Crippen LogP contribution in [0.4, 0.5) is 4.79 Å². The second-order valence-corrected chi connectivity index (χ2v) is 19.9. The summed E-state index contributed by atoms with van der Waals surface area (Å²) >= 11 is 5.03. The minimum Gasteiger partial charge on any atom is -0.543 e. The molecule has 1 aliphatic rings. The highest BCUT2D eigenvalue weighted by atomic mass is 79.9. The number of hydrogen-bond donors (Lipinski definition) is 1. The Morgan fingerprint density at radius 2 is 1.87 bits per heavy atom. The van der Waals surface area contributed by atoms with E-state index in [9.17, 15) is 14.4 Å². The van der Waals surface area contributed by atoms with Crippen LogP contribution in [0.2, 0.25) is 18.1 Å². The smallest absolute Gasteiger partial charge is 0.410 e. The van der Waals surface area contributed by atoms with E-state index >= 15 is 0 Å². The van der Waals surface area contributed by atoms with Crippen molar-refractivity contribution in [1.29, 1.82) is 0 Å². The number of nitrogens with zero attached hydrogens (tertiary/aromatic N) is 3. The molecule has 3 rings (SSSR count). The number of methoxy groups -OCH3 is 1. The van der Waals surface area contributed by atoms with Gasteiger partial charge in [0.2, 0.25) is 11.8 Å². The summed E-state index contributed by atoms with van der Waals surface area (Å²) in [6, 6.07) is 1.13. The van der Waals surface area contributed by atoms with Crippen LogP contribution in [0.1, 0.15) is 82.1 Å². The summed E-state index contributed by atoms with van der Waals surface area (Å²) in [6.07, 6.45) is -0.718. The van der Waals surface area contributed by atoms with Crippen molar-refractivity contribution in [3.05, 3.63) is 33.4 Å². The van der Waals surface area contributed by atoms with Crippen molar-refractivity contribution in [2.45, 2.75) is 90.9 Å². The number of aryl methyl sites for hydroxylation is 1. The molecule has 0 unspecified atom stereocenters. The highest BCUT2D eigenvalue weighted by molar-refractivity contribution is 9.10. The fraction of sp³-hybridized carbons (Fsp3) is 0.645. The van der Waals surface area contributed by atoms with E-state index in [-0.39, 0.29) is 36.2 Å². The molecule has 0 aliphatic carbocycles. The fourth-order valence-corrected chi connectivity index (χ4v) is 8.68. The molecular weight excluding hydrogens is 696 g/mol. The fourth-order valence-electron chi connectivity index (χ4n) is 4.55. The number of amides is 2. The van der Waals surface area contributed by atoms with Crippen LogP contribution in [-0.4, -0.2) is 79.5 Å². The van der Waals surface area contributed by atoms with E-state index in [0.717, 1.165) is 0 Å². The minimum absolute atomic E-state index is 0.0873. The average molecular weight is 744 g/mol. The highest BCUT2D eigenvalue weighted by Crippen LogP contribution is 2.47. The molecular formula is C31H47BrN4O8SSi. The molecule has 0 saturated carbocycles. The van der Waals surface area contributed by atoms with Gasteiger partial charge in [-0.05, 0) is 67.7 Å². The highest BCUT2D eigenvalue weighted by Gasteiger charge is 2.45. The number of ether oxygens (including phenoxy) is 3. The van der Waals surface area contributed by atoms with Crippen molar-refractivity contribution in [1.82, 2.24) is 20.4 Å². The molecule has 0 bridgehead atoms. The topological polar surface area (TPSA) is 142 Å². The van der Waals surface area contributed by atoms with E-state index in [1.807, 2.05) is 0 Å². The van der Waals surface area contributed by atoms with E-state index in [0.29, 0.717) is 44.8 Å². The number of aromatic nitrogens is 2. The van der Waals surface area contributed by atoms with Crippen molar-refractivity contribution in [3.63, 3.8) is 0 Å². The molecule has 256 valence electrons. The third kappa shape index (κ3) is 9.18. The van der Waals surface area contributed by atoms with Gasteiger partial charge in [-0.25, -0.2) is 9.59 Å². The molecule has 1 aliphatic heterocycles. The van der Waals surface area contributed by atoms with Crippen LogP contribution in [0.15, 0.2) is 15.1 Å². The second-order valence-electron chi connectivity index (χ2n) is 13.6. The van der Waals surface area contributed by atoms with Crippen LogP contribution in [0.5, 0.6) is 11.5 Å². The number of fused-ring (bicyclic) bond motifs is 1. The maximum Gasteiger partial charge on any atom is 0.410 e. The van der Waals surface area contributed by atoms with Gasteiger partial charge in [0.15, 0.2) is 5.82 Å². The van der Waals surface area contributed by atoms with Gasteiger partial charge >= 0.3 is 12.1 Å². The number of rotatable bonds is 6. The summed E-state index contributed by atoms with van der Waals surface area (Å²) in [6.45, 7) is 19.4. The molecule has 0 fully saturated rings. The zero-order valence-corrected chi connectivity index (χ0v) is 32.1. The van der Waals surface area contributed by atoms with Crippen LogP contribution in [-0.2, 0) is 20.0 Å². The van der Waals surface area contributed by atoms with E-state index in [2.05, 4.69) is 72.2 Å². The molecule has 0 saturated heterocycles. The van der Waals surface area contributed by atoms with Crippen LogP contribution in [0, 0.1) is 12.8 Å². The molecule has 2 aromatic rings. The molecule has 0 radical (unpaired) electrons. The maximum absolute atomic E-state index is 13.8. The van der Waals surface area contributed by atoms with E-state index in [1.165, 1.54) is 23.8 Å². The van der Waals surface area contributed by atoms with Crippen LogP contribution < -0.4 is 14.5 Å². The zero-order chi connectivity index (χ0) is 34.6. The molecule has 46 heavy (non-hydrogen) atoms. The molecule has 1 N–H and O–H groups in total. The number of benzene rings is 1. The SMILES string of the molecule is COc1cc(O[Si](C)(C)C(C)(C)C(C)C)c2c(c1Br)C(=O)OCCN(C(=O)OC(C)(C)C)CC(=O)N[C@H](c1nc(C)no1)CSC2. The van der Waals surface area contributed by atoms with Crippen molar-refractivity contribution < 1.29 is 37.5 Å². The van der Waals surface area contributed by atoms with Crippen LogP contribution >= 0.6 is 27.7 Å². The summed E-state index contributed by atoms with van der Waals surface area (Å²) in [5, 5.41) is 6.71. The largest absolute Gasteiger partial charge is 0.543 e. The number of carbonyl (C=O) groups is 3. The number of carbonyl (C=O) groups excluding carboxylic acids is 3. The summed E-state index contributed by atoms with van der Waals surface area (Å²) in [5.74, 6) is 1.51. The van der Waals surface area contributed by atoms with Gasteiger partial charge < -0.3 is 28.5 Å². The van der Waals surface area contributed by atoms with Gasteiger partial charge in [-0.15, -0.1) is 0 Å². The van der Waals surface area contributed by atoms with Gasteiger partial charge in [0, 0.05) is 23.1 Å². The molecule has 2 heterocycles. The monoisotopic (exact) mass is 742 g/mol. The molecule has 15 heteroatoms. The number of nitrogens with one attached hydrogen (secondary N) is 1. The molecule has 1 atom stereocenters. The zero-order valence-electron chi connectivity index (χ0n) is 28.7. The molecule has 12 nitrogen and oxygen atoms in total. The van der Waals surface area contributed by atoms with Gasteiger partial charge in [-0.3, -0.25) is 9.69 Å². The Hall–Kier alpha value is -2.78. The third-order valence-corrected chi connectivity index (χ3v) is 14.6.